The van der Waals surface area contributed by atoms with Gasteiger partial charge in [0.2, 0.25) is 5.91 Å². The molecule has 1 aliphatic carbocycles. The van der Waals surface area contributed by atoms with E-state index in [1.165, 1.54) is 12.8 Å². The predicted octanol–water partition coefficient (Wildman–Crippen LogP) is 5.97. The van der Waals surface area contributed by atoms with Crippen molar-refractivity contribution in [3.8, 4) is 22.6 Å². The van der Waals surface area contributed by atoms with Gasteiger partial charge < -0.3 is 19.2 Å². The fraction of sp³-hybridized carbons (Fsp3) is 0.346. The monoisotopic (exact) mass is 419 g/mol. The van der Waals surface area contributed by atoms with Crippen LogP contribution in [0.5, 0.6) is 11.5 Å². The van der Waals surface area contributed by atoms with Crippen LogP contribution >= 0.6 is 0 Å². The van der Waals surface area contributed by atoms with E-state index in [0.717, 1.165) is 51.8 Å². The van der Waals surface area contributed by atoms with Gasteiger partial charge >= 0.3 is 0 Å². The Kier molecular flexibility index (Phi) is 6.31. The molecule has 4 rings (SSSR count). The fourth-order valence-corrected chi connectivity index (χ4v) is 4.22. The molecule has 5 nitrogen and oxygen atoms in total. The van der Waals surface area contributed by atoms with Gasteiger partial charge in [-0.25, -0.2) is 0 Å². The molecule has 5 heteroatoms. The Morgan fingerprint density at radius 2 is 1.94 bits per heavy atom. The molecule has 0 saturated heterocycles. The van der Waals surface area contributed by atoms with Gasteiger partial charge in [0, 0.05) is 34.7 Å². The van der Waals surface area contributed by atoms with Crippen LogP contribution in [0.4, 0.5) is 0 Å². The van der Waals surface area contributed by atoms with Crippen molar-refractivity contribution < 1.29 is 18.7 Å². The van der Waals surface area contributed by atoms with E-state index in [0.29, 0.717) is 18.4 Å². The van der Waals surface area contributed by atoms with E-state index >= 15 is 0 Å². The van der Waals surface area contributed by atoms with Crippen molar-refractivity contribution in [1.82, 2.24) is 5.32 Å². The van der Waals surface area contributed by atoms with Crippen LogP contribution in [-0.4, -0.2) is 25.7 Å². The maximum atomic E-state index is 12.6. The summed E-state index contributed by atoms with van der Waals surface area (Å²) in [5.74, 6) is 1.48. The Morgan fingerprint density at radius 3 is 2.61 bits per heavy atom. The van der Waals surface area contributed by atoms with E-state index in [4.69, 9.17) is 13.9 Å². The second kappa shape index (κ2) is 9.29. The molecule has 1 heterocycles. The number of hydrogen-bond acceptors (Lipinski definition) is 4. The van der Waals surface area contributed by atoms with Crippen molar-refractivity contribution in [2.24, 2.45) is 0 Å². The number of allylic oxidation sites excluding steroid dienone is 1. The fourth-order valence-electron chi connectivity index (χ4n) is 4.22. The summed E-state index contributed by atoms with van der Waals surface area (Å²) in [6.45, 7) is 4.43. The maximum Gasteiger partial charge on any atom is 0.244 e. The number of furan rings is 1. The van der Waals surface area contributed by atoms with Gasteiger partial charge in [0.25, 0.3) is 0 Å². The summed E-state index contributed by atoms with van der Waals surface area (Å²) >= 11 is 0. The summed E-state index contributed by atoms with van der Waals surface area (Å²) in [5.41, 5.74) is 4.54. The van der Waals surface area contributed by atoms with Crippen molar-refractivity contribution in [3.63, 3.8) is 0 Å². The molecule has 31 heavy (non-hydrogen) atoms. The number of nitrogens with one attached hydrogen (secondary N) is 1. The molecule has 1 aromatic heterocycles. The number of carbonyl (C=O) groups excluding carboxylic acids is 1. The second-order valence-electron chi connectivity index (χ2n) is 7.97. The van der Waals surface area contributed by atoms with Crippen LogP contribution in [0, 0.1) is 0 Å². The molecule has 1 amide bonds. The first-order valence-corrected chi connectivity index (χ1v) is 10.9. The number of ether oxygens (including phenoxy) is 2. The first-order chi connectivity index (χ1) is 15.1. The molecule has 0 bridgehead atoms. The van der Waals surface area contributed by atoms with Crippen molar-refractivity contribution in [1.29, 1.82) is 0 Å². The minimum absolute atomic E-state index is 0.0467. The Labute approximate surface area is 183 Å². The summed E-state index contributed by atoms with van der Waals surface area (Å²) in [4.78, 5) is 12.6. The van der Waals surface area contributed by atoms with Gasteiger partial charge in [-0.2, -0.15) is 0 Å². The lowest BCUT2D eigenvalue weighted by atomic mass is 9.99. The standard InChI is InChI=1S/C26H29NO4/c1-4-30-24-15-25-22(23(16-31-25)18-9-11-20(29-3)12-10-18)14-21(24)17(2)13-26(28)27-19-7-5-6-8-19/h9-16,19H,4-8H2,1-3H3,(H,27,28)/b17-13+. The Hall–Kier alpha value is -3.21. The van der Waals surface area contributed by atoms with Crippen LogP contribution in [0.15, 0.2) is 53.2 Å². The number of benzene rings is 2. The number of rotatable bonds is 7. The minimum atomic E-state index is -0.0467. The SMILES string of the molecule is CCOc1cc2occ(-c3ccc(OC)cc3)c2cc1/C(C)=C/C(=O)NC1CCCC1. The van der Waals surface area contributed by atoms with Gasteiger partial charge in [-0.3, -0.25) is 4.79 Å². The maximum absolute atomic E-state index is 12.6. The number of carbonyl (C=O) groups is 1. The predicted molar refractivity (Wildman–Crippen MR) is 123 cm³/mol. The summed E-state index contributed by atoms with van der Waals surface area (Å²) in [6.07, 6.45) is 7.94. The molecule has 1 aliphatic rings. The molecule has 0 radical (unpaired) electrons. The third kappa shape index (κ3) is 4.61. The number of amides is 1. The highest BCUT2D eigenvalue weighted by molar-refractivity contribution is 6.00. The third-order valence-electron chi connectivity index (χ3n) is 5.85. The van der Waals surface area contributed by atoms with Crippen LogP contribution in [0.3, 0.4) is 0 Å². The lowest BCUT2D eigenvalue weighted by molar-refractivity contribution is -0.117. The van der Waals surface area contributed by atoms with E-state index < -0.39 is 0 Å². The van der Waals surface area contributed by atoms with Crippen molar-refractivity contribution in [2.45, 2.75) is 45.6 Å². The van der Waals surface area contributed by atoms with Crippen molar-refractivity contribution in [3.05, 3.63) is 54.3 Å². The Bertz CT molecular complexity index is 1090. The van der Waals surface area contributed by atoms with Gasteiger partial charge in [-0.15, -0.1) is 0 Å². The topological polar surface area (TPSA) is 60.7 Å². The number of methoxy groups -OCH3 is 1. The van der Waals surface area contributed by atoms with Crippen molar-refractivity contribution >= 4 is 22.4 Å². The molecule has 0 atom stereocenters. The highest BCUT2D eigenvalue weighted by Crippen LogP contribution is 2.38. The summed E-state index contributed by atoms with van der Waals surface area (Å²) in [6, 6.07) is 12.1. The molecule has 2 aromatic carbocycles. The molecule has 162 valence electrons. The largest absolute Gasteiger partial charge is 0.497 e. The highest BCUT2D eigenvalue weighted by Gasteiger charge is 2.18. The summed E-state index contributed by atoms with van der Waals surface area (Å²) in [7, 11) is 1.65. The molecular formula is C26H29NO4. The quantitative estimate of drug-likeness (QED) is 0.479. The minimum Gasteiger partial charge on any atom is -0.497 e. The first-order valence-electron chi connectivity index (χ1n) is 10.9. The molecule has 1 fully saturated rings. The van der Waals surface area contributed by atoms with Crippen LogP contribution < -0.4 is 14.8 Å². The van der Waals surface area contributed by atoms with Gasteiger partial charge in [0.1, 0.15) is 17.1 Å². The number of hydrogen-bond donors (Lipinski definition) is 1. The average molecular weight is 420 g/mol. The second-order valence-corrected chi connectivity index (χ2v) is 7.97. The van der Waals surface area contributed by atoms with E-state index in [1.54, 1.807) is 19.4 Å². The van der Waals surface area contributed by atoms with Crippen LogP contribution in [0.1, 0.15) is 45.1 Å². The van der Waals surface area contributed by atoms with E-state index in [-0.39, 0.29) is 5.91 Å². The Balaban J connectivity index is 1.70. The van der Waals surface area contributed by atoms with Gasteiger partial charge in [-0.05, 0) is 56.0 Å². The normalized spacial score (nSPS) is 14.7. The Morgan fingerprint density at radius 1 is 1.19 bits per heavy atom. The lowest BCUT2D eigenvalue weighted by Gasteiger charge is -2.13. The smallest absolute Gasteiger partial charge is 0.244 e. The van der Waals surface area contributed by atoms with Crippen LogP contribution in [0.25, 0.3) is 27.7 Å². The lowest BCUT2D eigenvalue weighted by Crippen LogP contribution is -2.31. The molecule has 3 aromatic rings. The zero-order valence-corrected chi connectivity index (χ0v) is 18.4. The average Bonchev–Trinajstić information content (AvgIpc) is 3.43. The molecule has 0 unspecified atom stereocenters. The van der Waals surface area contributed by atoms with E-state index in [2.05, 4.69) is 11.4 Å². The molecule has 1 saturated carbocycles. The van der Waals surface area contributed by atoms with Gasteiger partial charge in [0.05, 0.1) is 20.0 Å². The first kappa shape index (κ1) is 21.0. The zero-order valence-electron chi connectivity index (χ0n) is 18.4. The molecule has 0 aliphatic heterocycles. The van der Waals surface area contributed by atoms with Crippen LogP contribution in [0.2, 0.25) is 0 Å². The summed E-state index contributed by atoms with van der Waals surface area (Å²) in [5, 5.41) is 4.10. The number of fused-ring (bicyclic) bond motifs is 1. The summed E-state index contributed by atoms with van der Waals surface area (Å²) < 4.78 is 17.0. The zero-order chi connectivity index (χ0) is 21.8. The van der Waals surface area contributed by atoms with Gasteiger partial charge in [0.15, 0.2) is 0 Å². The molecule has 1 N–H and O–H groups in total. The van der Waals surface area contributed by atoms with Gasteiger partial charge in [-0.1, -0.05) is 25.0 Å². The molecule has 0 spiro atoms. The van der Waals surface area contributed by atoms with E-state index in [9.17, 15) is 4.79 Å². The van der Waals surface area contributed by atoms with E-state index in [1.807, 2.05) is 44.2 Å². The molecular weight excluding hydrogens is 390 g/mol. The highest BCUT2D eigenvalue weighted by atomic mass is 16.5. The van der Waals surface area contributed by atoms with Crippen LogP contribution in [-0.2, 0) is 4.79 Å². The third-order valence-corrected chi connectivity index (χ3v) is 5.85. The van der Waals surface area contributed by atoms with Crippen molar-refractivity contribution in [2.75, 3.05) is 13.7 Å².